The molecule has 0 radical (unpaired) electrons. The normalized spacial score (nSPS) is 19.8. The van der Waals surface area contributed by atoms with Crippen molar-refractivity contribution in [2.75, 3.05) is 77.4 Å². The van der Waals surface area contributed by atoms with Crippen LogP contribution in [-0.2, 0) is 39.0 Å². The third kappa shape index (κ3) is 8.67. The van der Waals surface area contributed by atoms with Gasteiger partial charge in [-0.25, -0.2) is 14.4 Å². The van der Waals surface area contributed by atoms with Gasteiger partial charge in [0, 0.05) is 90.1 Å². The van der Waals surface area contributed by atoms with Gasteiger partial charge in [-0.2, -0.15) is 0 Å². The monoisotopic (exact) mass is 759 g/mol. The number of nitrogens with one attached hydrogen (secondary N) is 1. The first kappa shape index (κ1) is 38.4. The number of hydrogen-bond acceptors (Lipinski definition) is 10. The first-order valence-corrected chi connectivity index (χ1v) is 19.7. The first-order chi connectivity index (χ1) is 26.6. The number of oxazole rings is 1. The Bertz CT molecular complexity index is 1940. The average molecular weight is 760 g/mol. The molecule has 4 aliphatic heterocycles. The molecule has 1 atom stereocenters. The fourth-order valence-electron chi connectivity index (χ4n) is 8.73. The van der Waals surface area contributed by atoms with Gasteiger partial charge in [0.25, 0.3) is 5.91 Å². The Balaban J connectivity index is 0.985. The number of carbonyl (C=O) groups is 4. The number of hydrogen-bond donors (Lipinski definition) is 1. The molecule has 2 aromatic carbocycles. The summed E-state index contributed by atoms with van der Waals surface area (Å²) in [5, 5.41) is 3.04. The zero-order valence-corrected chi connectivity index (χ0v) is 32.2. The number of nitrogens with zero attached hydrogens (tertiary/aromatic N) is 6. The lowest BCUT2D eigenvalue weighted by Crippen LogP contribution is -2.57. The number of benzene rings is 2. The van der Waals surface area contributed by atoms with Gasteiger partial charge in [0.2, 0.25) is 0 Å². The van der Waals surface area contributed by atoms with E-state index in [1.54, 1.807) is 22.9 Å². The Morgan fingerprint density at radius 3 is 2.33 bits per heavy atom. The van der Waals surface area contributed by atoms with Crippen molar-refractivity contribution in [3.05, 3.63) is 63.6 Å². The maximum absolute atomic E-state index is 14.3. The Morgan fingerprint density at radius 1 is 0.891 bits per heavy atom. The summed E-state index contributed by atoms with van der Waals surface area (Å²) in [6.07, 6.45) is 2.34. The van der Waals surface area contributed by atoms with Crippen molar-refractivity contribution in [3.8, 4) is 0 Å². The highest BCUT2D eigenvalue weighted by molar-refractivity contribution is 5.91. The maximum Gasteiger partial charge on any atom is 0.419 e. The second-order valence-electron chi connectivity index (χ2n) is 15.2. The molecule has 1 aromatic heterocycles. The summed E-state index contributed by atoms with van der Waals surface area (Å²) in [6, 6.07) is 11.7. The first-order valence-electron chi connectivity index (χ1n) is 19.7. The third-order valence-electron chi connectivity index (χ3n) is 11.7. The van der Waals surface area contributed by atoms with Crippen molar-refractivity contribution < 1.29 is 33.1 Å². The molecule has 1 N–H and O–H groups in total. The second kappa shape index (κ2) is 16.9. The standard InChI is InChI=1S/C40H53N7O8/c1-4-53-35(48)26-43-14-10-30(11-15-43)44-19-21-45(22-20-44)37(49)34(25-28-23-27(2)36-33(24-28)54-39(51)42(36)3)55-40(52)46-16-12-31(13-17-46)47-18-9-29-7-5-6-8-32(29)41-38(47)50/h5-8,23-24,30-31,34H,4,9-22,25-26H2,1-3H3,(H,41,50). The van der Waals surface area contributed by atoms with Gasteiger partial charge in [-0.05, 0) is 74.8 Å². The van der Waals surface area contributed by atoms with E-state index in [-0.39, 0.29) is 30.4 Å². The summed E-state index contributed by atoms with van der Waals surface area (Å²) in [5.74, 6) is -0.910. The van der Waals surface area contributed by atoms with E-state index in [1.807, 2.05) is 49.1 Å². The predicted molar refractivity (Wildman–Crippen MR) is 205 cm³/mol. The van der Waals surface area contributed by atoms with Crippen molar-refractivity contribution >= 4 is 40.8 Å². The number of para-hydroxylation sites is 1. The van der Waals surface area contributed by atoms with Gasteiger partial charge in [-0.15, -0.1) is 0 Å². The van der Waals surface area contributed by atoms with Gasteiger partial charge in [0.1, 0.15) is 0 Å². The van der Waals surface area contributed by atoms with Crippen molar-refractivity contribution in [1.29, 1.82) is 0 Å². The SMILES string of the molecule is CCOC(=O)CN1CCC(N2CCN(C(=O)C(Cc3cc(C)c4c(c3)oc(=O)n4C)OC(=O)N3CCC(N4CCc5ccccc5NC4=O)CC3)CC2)CC1. The molecule has 1 unspecified atom stereocenters. The molecule has 5 heterocycles. The van der Waals surface area contributed by atoms with Crippen LogP contribution in [0.5, 0.6) is 0 Å². The molecule has 0 spiro atoms. The fourth-order valence-corrected chi connectivity index (χ4v) is 8.73. The molecular formula is C40H53N7O8. The number of esters is 1. The highest BCUT2D eigenvalue weighted by atomic mass is 16.6. The number of amides is 4. The lowest BCUT2D eigenvalue weighted by atomic mass is 10.0. The van der Waals surface area contributed by atoms with Crippen LogP contribution in [0.4, 0.5) is 15.3 Å². The summed E-state index contributed by atoms with van der Waals surface area (Å²) in [6.45, 7) is 9.87. The molecule has 7 rings (SSSR count). The van der Waals surface area contributed by atoms with Crippen molar-refractivity contribution in [3.63, 3.8) is 0 Å². The molecule has 15 heteroatoms. The number of ether oxygens (including phenoxy) is 2. The van der Waals surface area contributed by atoms with Crippen LogP contribution in [0.1, 0.15) is 49.3 Å². The number of fused-ring (bicyclic) bond motifs is 2. The van der Waals surface area contributed by atoms with E-state index in [0.29, 0.717) is 88.9 Å². The lowest BCUT2D eigenvalue weighted by Gasteiger charge is -2.43. The van der Waals surface area contributed by atoms with Crippen LogP contribution in [0.25, 0.3) is 11.1 Å². The van der Waals surface area contributed by atoms with Crippen LogP contribution in [-0.4, -0.2) is 143 Å². The van der Waals surface area contributed by atoms with Gasteiger partial charge in [0.15, 0.2) is 11.7 Å². The van der Waals surface area contributed by atoms with Crippen LogP contribution in [0.15, 0.2) is 45.6 Å². The summed E-state index contributed by atoms with van der Waals surface area (Å²) < 4.78 is 18.2. The van der Waals surface area contributed by atoms with Gasteiger partial charge in [-0.3, -0.25) is 24.0 Å². The minimum absolute atomic E-state index is 0.0212. The predicted octanol–water partition coefficient (Wildman–Crippen LogP) is 3.21. The van der Waals surface area contributed by atoms with Crippen LogP contribution >= 0.6 is 0 Å². The Hall–Kier alpha value is -4.89. The van der Waals surface area contributed by atoms with Gasteiger partial charge >= 0.3 is 23.8 Å². The third-order valence-corrected chi connectivity index (χ3v) is 11.7. The summed E-state index contributed by atoms with van der Waals surface area (Å²) in [5.41, 5.74) is 4.60. The van der Waals surface area contributed by atoms with Gasteiger partial charge in [0.05, 0.1) is 18.7 Å². The highest BCUT2D eigenvalue weighted by Gasteiger charge is 2.37. The smallest absolute Gasteiger partial charge is 0.419 e. The van der Waals surface area contributed by atoms with E-state index < -0.39 is 18.0 Å². The van der Waals surface area contributed by atoms with E-state index >= 15 is 0 Å². The van der Waals surface area contributed by atoms with E-state index in [0.717, 1.165) is 54.7 Å². The summed E-state index contributed by atoms with van der Waals surface area (Å²) in [7, 11) is 1.66. The second-order valence-corrected chi connectivity index (χ2v) is 15.2. The van der Waals surface area contributed by atoms with E-state index in [9.17, 15) is 24.0 Å². The Kier molecular flexibility index (Phi) is 11.8. The van der Waals surface area contributed by atoms with E-state index in [4.69, 9.17) is 13.9 Å². The van der Waals surface area contributed by atoms with Crippen LogP contribution < -0.4 is 11.1 Å². The number of aryl methyl sites for hydroxylation is 2. The summed E-state index contributed by atoms with van der Waals surface area (Å²) in [4.78, 5) is 75.3. The molecule has 3 aromatic rings. The molecule has 296 valence electrons. The Morgan fingerprint density at radius 2 is 1.60 bits per heavy atom. The zero-order valence-electron chi connectivity index (χ0n) is 32.2. The molecule has 3 fully saturated rings. The molecule has 0 bridgehead atoms. The quantitative estimate of drug-likeness (QED) is 0.323. The molecule has 4 aliphatic rings. The number of urea groups is 1. The topological polar surface area (TPSA) is 150 Å². The molecule has 15 nitrogen and oxygen atoms in total. The minimum Gasteiger partial charge on any atom is -0.465 e. The van der Waals surface area contributed by atoms with Crippen molar-refractivity contribution in [2.24, 2.45) is 7.05 Å². The molecule has 0 saturated carbocycles. The average Bonchev–Trinajstić information content (AvgIpc) is 3.36. The molecule has 0 aliphatic carbocycles. The van der Waals surface area contributed by atoms with Crippen LogP contribution in [0.2, 0.25) is 0 Å². The molecule has 4 amide bonds. The number of piperazine rings is 1. The van der Waals surface area contributed by atoms with E-state index in [1.165, 1.54) is 4.57 Å². The number of anilines is 1. The maximum atomic E-state index is 14.3. The minimum atomic E-state index is -1.08. The number of aromatic nitrogens is 1. The Labute approximate surface area is 321 Å². The molecular weight excluding hydrogens is 706 g/mol. The fraction of sp³-hybridized carbons (Fsp3) is 0.575. The van der Waals surface area contributed by atoms with Gasteiger partial charge < -0.3 is 33.9 Å². The highest BCUT2D eigenvalue weighted by Crippen LogP contribution is 2.27. The van der Waals surface area contributed by atoms with Crippen LogP contribution in [0.3, 0.4) is 0 Å². The number of piperidine rings is 2. The number of likely N-dealkylation sites (tertiary alicyclic amines) is 2. The zero-order chi connectivity index (χ0) is 38.6. The van der Waals surface area contributed by atoms with E-state index in [2.05, 4.69) is 15.1 Å². The molecule has 55 heavy (non-hydrogen) atoms. The summed E-state index contributed by atoms with van der Waals surface area (Å²) >= 11 is 0. The lowest BCUT2D eigenvalue weighted by molar-refractivity contribution is -0.144. The largest absolute Gasteiger partial charge is 0.465 e. The van der Waals surface area contributed by atoms with Gasteiger partial charge in [-0.1, -0.05) is 24.3 Å². The number of rotatable bonds is 9. The van der Waals surface area contributed by atoms with Crippen LogP contribution in [0, 0.1) is 6.92 Å². The number of carbonyl (C=O) groups excluding carboxylic acids is 4. The molecule has 3 saturated heterocycles. The van der Waals surface area contributed by atoms with Crippen molar-refractivity contribution in [2.45, 2.75) is 70.6 Å². The van der Waals surface area contributed by atoms with Crippen molar-refractivity contribution in [1.82, 2.24) is 29.1 Å².